The van der Waals surface area contributed by atoms with Crippen LogP contribution in [-0.4, -0.2) is 42.4 Å². The molecule has 3 N–H and O–H groups in total. The Kier molecular flexibility index (Phi) is 7.52. The van der Waals surface area contributed by atoms with E-state index in [1.54, 1.807) is 36.2 Å². The Balaban J connectivity index is 1.17. The van der Waals surface area contributed by atoms with Gasteiger partial charge in [0.2, 0.25) is 5.91 Å². The SMILES string of the molecule is CN(CCCC1CC(c2ccc(F)cc2)NN1)C(=O)/C=C/c1ccc(C(=O)NC2CC2)cc1. The zero-order chi connectivity index (χ0) is 23.2. The van der Waals surface area contributed by atoms with Crippen LogP contribution in [0.5, 0.6) is 0 Å². The van der Waals surface area contributed by atoms with E-state index in [-0.39, 0.29) is 23.7 Å². The van der Waals surface area contributed by atoms with Crippen molar-refractivity contribution in [3.05, 3.63) is 77.1 Å². The van der Waals surface area contributed by atoms with Gasteiger partial charge in [0.05, 0.1) is 0 Å². The second-order valence-corrected chi connectivity index (χ2v) is 8.93. The fourth-order valence-corrected chi connectivity index (χ4v) is 3.95. The first-order valence-corrected chi connectivity index (χ1v) is 11.6. The van der Waals surface area contributed by atoms with Crippen molar-refractivity contribution in [2.75, 3.05) is 13.6 Å². The van der Waals surface area contributed by atoms with Gasteiger partial charge in [0, 0.05) is 43.4 Å². The largest absolute Gasteiger partial charge is 0.349 e. The fourth-order valence-electron chi connectivity index (χ4n) is 3.95. The number of likely N-dealkylation sites (N-methyl/N-ethyl adjacent to an activating group) is 1. The Labute approximate surface area is 194 Å². The molecule has 1 saturated heterocycles. The van der Waals surface area contributed by atoms with Crippen LogP contribution in [0.25, 0.3) is 6.08 Å². The highest BCUT2D eigenvalue weighted by Gasteiger charge is 2.25. The van der Waals surface area contributed by atoms with Gasteiger partial charge < -0.3 is 10.2 Å². The molecule has 4 rings (SSSR count). The van der Waals surface area contributed by atoms with Gasteiger partial charge in [-0.1, -0.05) is 24.3 Å². The normalized spacial score (nSPS) is 20.2. The third-order valence-electron chi connectivity index (χ3n) is 6.18. The van der Waals surface area contributed by atoms with Crippen molar-refractivity contribution in [1.29, 1.82) is 0 Å². The van der Waals surface area contributed by atoms with Gasteiger partial charge in [0.1, 0.15) is 5.82 Å². The average Bonchev–Trinajstić information content (AvgIpc) is 3.52. The molecule has 1 aliphatic heterocycles. The number of amides is 2. The monoisotopic (exact) mass is 450 g/mol. The minimum atomic E-state index is -0.226. The van der Waals surface area contributed by atoms with Crippen molar-refractivity contribution in [3.8, 4) is 0 Å². The van der Waals surface area contributed by atoms with Crippen LogP contribution in [0.2, 0.25) is 0 Å². The minimum Gasteiger partial charge on any atom is -0.349 e. The summed E-state index contributed by atoms with van der Waals surface area (Å²) in [5.41, 5.74) is 9.17. The number of benzene rings is 2. The highest BCUT2D eigenvalue weighted by atomic mass is 19.1. The first-order valence-electron chi connectivity index (χ1n) is 11.6. The summed E-state index contributed by atoms with van der Waals surface area (Å²) in [5.74, 6) is -0.316. The minimum absolute atomic E-state index is 0.0419. The first-order chi connectivity index (χ1) is 16.0. The van der Waals surface area contributed by atoms with Gasteiger partial charge in [-0.3, -0.25) is 20.4 Å². The molecule has 2 fully saturated rings. The van der Waals surface area contributed by atoms with E-state index in [4.69, 9.17) is 0 Å². The van der Waals surface area contributed by atoms with Gasteiger partial charge in [0.25, 0.3) is 5.91 Å². The van der Waals surface area contributed by atoms with Gasteiger partial charge in [-0.15, -0.1) is 0 Å². The van der Waals surface area contributed by atoms with Crippen molar-refractivity contribution in [1.82, 2.24) is 21.1 Å². The highest BCUT2D eigenvalue weighted by molar-refractivity contribution is 5.95. The standard InChI is InChI=1S/C26H31FN4O2/c1-31(16-2-3-23-17-24(30-29-23)19-9-11-21(27)12-10-19)25(32)15-6-18-4-7-20(8-5-18)26(33)28-22-13-14-22/h4-12,15,22-24,29-30H,2-3,13-14,16-17H2,1H3,(H,28,33)/b15-6+. The fraction of sp³-hybridized carbons (Fsp3) is 0.385. The zero-order valence-corrected chi connectivity index (χ0v) is 18.9. The van der Waals surface area contributed by atoms with Crippen molar-refractivity contribution in [3.63, 3.8) is 0 Å². The summed E-state index contributed by atoms with van der Waals surface area (Å²) < 4.78 is 13.1. The summed E-state index contributed by atoms with van der Waals surface area (Å²) in [6, 6.07) is 14.7. The molecular weight excluding hydrogens is 419 g/mol. The summed E-state index contributed by atoms with van der Waals surface area (Å²) in [4.78, 5) is 26.2. The molecule has 0 spiro atoms. The lowest BCUT2D eigenvalue weighted by Gasteiger charge is -2.16. The summed E-state index contributed by atoms with van der Waals surface area (Å²) in [6.07, 6.45) is 8.22. The third-order valence-corrected chi connectivity index (χ3v) is 6.18. The average molecular weight is 451 g/mol. The topological polar surface area (TPSA) is 73.5 Å². The van der Waals surface area contributed by atoms with E-state index in [1.165, 1.54) is 12.1 Å². The number of hydrogen-bond donors (Lipinski definition) is 3. The zero-order valence-electron chi connectivity index (χ0n) is 18.9. The number of nitrogens with one attached hydrogen (secondary N) is 3. The summed E-state index contributed by atoms with van der Waals surface area (Å²) in [5, 5.41) is 2.97. The number of nitrogens with zero attached hydrogens (tertiary/aromatic N) is 1. The molecular formula is C26H31FN4O2. The number of carbonyl (C=O) groups is 2. The predicted molar refractivity (Wildman–Crippen MR) is 127 cm³/mol. The molecule has 1 saturated carbocycles. The highest BCUT2D eigenvalue weighted by Crippen LogP contribution is 2.24. The Morgan fingerprint density at radius 2 is 1.82 bits per heavy atom. The van der Waals surface area contributed by atoms with E-state index in [9.17, 15) is 14.0 Å². The van der Waals surface area contributed by atoms with Gasteiger partial charge >= 0.3 is 0 Å². The Bertz CT molecular complexity index is 986. The second-order valence-electron chi connectivity index (χ2n) is 8.93. The summed E-state index contributed by atoms with van der Waals surface area (Å²) >= 11 is 0. The van der Waals surface area contributed by atoms with Crippen molar-refractivity contribution < 1.29 is 14.0 Å². The van der Waals surface area contributed by atoms with Gasteiger partial charge in [-0.05, 0) is 73.6 Å². The number of hydrogen-bond acceptors (Lipinski definition) is 4. The van der Waals surface area contributed by atoms with Crippen LogP contribution >= 0.6 is 0 Å². The van der Waals surface area contributed by atoms with Crippen molar-refractivity contribution in [2.24, 2.45) is 0 Å². The molecule has 0 aromatic heterocycles. The van der Waals surface area contributed by atoms with E-state index >= 15 is 0 Å². The number of hydrazine groups is 1. The molecule has 1 heterocycles. The molecule has 2 aromatic rings. The maximum absolute atomic E-state index is 13.1. The molecule has 33 heavy (non-hydrogen) atoms. The molecule has 7 heteroatoms. The Hall–Kier alpha value is -3.03. The van der Waals surface area contributed by atoms with E-state index in [0.717, 1.165) is 43.2 Å². The molecule has 1 aliphatic carbocycles. The molecule has 2 atom stereocenters. The van der Waals surface area contributed by atoms with Crippen LogP contribution in [0.15, 0.2) is 54.6 Å². The van der Waals surface area contributed by atoms with Crippen molar-refractivity contribution in [2.45, 2.75) is 50.2 Å². The van der Waals surface area contributed by atoms with Crippen LogP contribution in [0.1, 0.15) is 59.6 Å². The summed E-state index contributed by atoms with van der Waals surface area (Å²) in [7, 11) is 1.81. The molecule has 174 valence electrons. The maximum Gasteiger partial charge on any atom is 0.251 e. The van der Waals surface area contributed by atoms with Gasteiger partial charge in [0.15, 0.2) is 0 Å². The van der Waals surface area contributed by atoms with E-state index in [0.29, 0.717) is 24.2 Å². The summed E-state index contributed by atoms with van der Waals surface area (Å²) in [6.45, 7) is 0.669. The molecule has 0 bridgehead atoms. The van der Waals surface area contributed by atoms with E-state index in [2.05, 4.69) is 16.2 Å². The van der Waals surface area contributed by atoms with Crippen molar-refractivity contribution >= 4 is 17.9 Å². The van der Waals surface area contributed by atoms with Gasteiger partial charge in [-0.25, -0.2) is 4.39 Å². The second kappa shape index (κ2) is 10.7. The molecule has 2 unspecified atom stereocenters. The number of rotatable bonds is 9. The van der Waals surface area contributed by atoms with Crippen LogP contribution < -0.4 is 16.2 Å². The van der Waals surface area contributed by atoms with Gasteiger partial charge in [-0.2, -0.15) is 0 Å². The lowest BCUT2D eigenvalue weighted by Crippen LogP contribution is -2.32. The smallest absolute Gasteiger partial charge is 0.251 e. The van der Waals surface area contributed by atoms with E-state index < -0.39 is 0 Å². The number of halogens is 1. The Morgan fingerprint density at radius 1 is 1.09 bits per heavy atom. The maximum atomic E-state index is 13.1. The van der Waals surface area contributed by atoms with Crippen LogP contribution in [0, 0.1) is 5.82 Å². The van der Waals surface area contributed by atoms with Crippen LogP contribution in [0.4, 0.5) is 4.39 Å². The molecule has 2 aliphatic rings. The molecule has 2 aromatic carbocycles. The predicted octanol–water partition coefficient (Wildman–Crippen LogP) is 3.58. The first kappa shape index (κ1) is 23.1. The molecule has 2 amide bonds. The quantitative estimate of drug-likeness (QED) is 0.511. The molecule has 6 nitrogen and oxygen atoms in total. The number of carbonyl (C=O) groups excluding carboxylic acids is 2. The Morgan fingerprint density at radius 3 is 2.52 bits per heavy atom. The third kappa shape index (κ3) is 6.73. The van der Waals surface area contributed by atoms with E-state index in [1.807, 2.05) is 24.3 Å². The molecule has 0 radical (unpaired) electrons. The van der Waals surface area contributed by atoms with Crippen LogP contribution in [0.3, 0.4) is 0 Å². The van der Waals surface area contributed by atoms with Crippen LogP contribution in [-0.2, 0) is 4.79 Å². The lowest BCUT2D eigenvalue weighted by molar-refractivity contribution is -0.124. The lowest BCUT2D eigenvalue weighted by atomic mass is 9.99.